The molecule has 6 aliphatic rings. The van der Waals surface area contributed by atoms with Gasteiger partial charge in [-0.05, 0) is 27.3 Å². The minimum Gasteiger partial charge on any atom is -0.492 e. The lowest BCUT2D eigenvalue weighted by molar-refractivity contribution is -0.179. The van der Waals surface area contributed by atoms with Crippen LogP contribution in [0.15, 0.2) is 22.5 Å². The highest BCUT2D eigenvalue weighted by Crippen LogP contribution is 2.62. The summed E-state index contributed by atoms with van der Waals surface area (Å²) in [5, 5.41) is 14.2. The molecule has 0 saturated carbocycles. The zero-order valence-electron chi connectivity index (χ0n) is 26.7. The number of hydrogen-bond acceptors (Lipinski definition) is 14. The van der Waals surface area contributed by atoms with Gasteiger partial charge in [0.2, 0.25) is 18.5 Å². The van der Waals surface area contributed by atoms with Crippen LogP contribution in [0.4, 0.5) is 0 Å². The van der Waals surface area contributed by atoms with Crippen molar-refractivity contribution < 1.29 is 52.8 Å². The molecule has 0 aromatic heterocycles. The molecule has 7 atom stereocenters. The number of allylic oxidation sites excluding steroid dienone is 2. The Bertz CT molecular complexity index is 1720. The molecule has 4 bridgehead atoms. The van der Waals surface area contributed by atoms with E-state index in [1.165, 1.54) is 32.7 Å². The van der Waals surface area contributed by atoms with Crippen molar-refractivity contribution in [3.8, 4) is 17.2 Å². The van der Waals surface area contributed by atoms with Crippen molar-refractivity contribution in [2.75, 3.05) is 33.3 Å². The lowest BCUT2D eigenvalue weighted by Gasteiger charge is -2.62. The van der Waals surface area contributed by atoms with Crippen molar-refractivity contribution in [3.05, 3.63) is 39.2 Å². The molecule has 0 spiro atoms. The lowest BCUT2D eigenvalue weighted by atomic mass is 9.70. The number of esters is 2. The minimum absolute atomic E-state index is 0.0316. The summed E-state index contributed by atoms with van der Waals surface area (Å²) in [5.41, 5.74) is 2.45. The number of carbonyl (C=O) groups is 5. The van der Waals surface area contributed by atoms with Gasteiger partial charge in [0.25, 0.3) is 0 Å². The summed E-state index contributed by atoms with van der Waals surface area (Å²) in [4.78, 5) is 69.7. The molecule has 1 aromatic carbocycles. The van der Waals surface area contributed by atoms with E-state index in [0.717, 1.165) is 0 Å². The summed E-state index contributed by atoms with van der Waals surface area (Å²) in [6.45, 7) is 5.54. The number of benzene rings is 1. The minimum atomic E-state index is -1.19. The average molecular weight is 670 g/mol. The van der Waals surface area contributed by atoms with Gasteiger partial charge in [-0.15, -0.1) is 11.8 Å². The Morgan fingerprint density at radius 2 is 1.77 bits per heavy atom. The Hall–Kier alpha value is -3.92. The summed E-state index contributed by atoms with van der Waals surface area (Å²) in [6.07, 6.45) is -1.08. The summed E-state index contributed by atoms with van der Waals surface area (Å²) in [5.74, 6) is -1.35. The maximum Gasteiger partial charge on any atom is 0.329 e. The van der Waals surface area contributed by atoms with Crippen LogP contribution in [0.1, 0.15) is 55.2 Å². The van der Waals surface area contributed by atoms with E-state index in [1.807, 2.05) is 16.8 Å². The lowest BCUT2D eigenvalue weighted by Crippen LogP contribution is -2.73. The molecule has 1 amide bonds. The van der Waals surface area contributed by atoms with E-state index < -0.39 is 65.3 Å². The van der Waals surface area contributed by atoms with Gasteiger partial charge in [0.1, 0.15) is 24.6 Å². The number of aliphatic hydroxyl groups is 1. The second-order valence-electron chi connectivity index (χ2n) is 12.5. The number of carbonyl (C=O) groups excluding carboxylic acids is 5. The topological polar surface area (TPSA) is 170 Å². The first kappa shape index (κ1) is 31.7. The van der Waals surface area contributed by atoms with Crippen molar-refractivity contribution in [3.63, 3.8) is 0 Å². The van der Waals surface area contributed by atoms with E-state index in [2.05, 4.69) is 5.32 Å². The smallest absolute Gasteiger partial charge is 0.329 e. The maximum atomic E-state index is 14.2. The average Bonchev–Trinajstić information content (AvgIpc) is 3.51. The van der Waals surface area contributed by atoms with E-state index >= 15 is 0 Å². The predicted octanol–water partition coefficient (Wildman–Crippen LogP) is 0.984. The molecule has 0 radical (unpaired) electrons. The molecule has 2 N–H and O–H groups in total. The number of nitrogens with zero attached hydrogens (tertiary/aromatic N) is 2. The van der Waals surface area contributed by atoms with E-state index in [4.69, 9.17) is 23.7 Å². The number of amides is 1. The number of nitrogens with one attached hydrogen (secondary N) is 1. The van der Waals surface area contributed by atoms with Crippen LogP contribution in [-0.4, -0.2) is 108 Å². The summed E-state index contributed by atoms with van der Waals surface area (Å²) < 4.78 is 29.1. The summed E-state index contributed by atoms with van der Waals surface area (Å²) >= 11 is 1.29. The third kappa shape index (κ3) is 4.54. The van der Waals surface area contributed by atoms with E-state index in [1.54, 1.807) is 13.8 Å². The van der Waals surface area contributed by atoms with Crippen molar-refractivity contribution >= 4 is 41.2 Å². The number of ether oxygens (including phenoxy) is 5. The zero-order chi connectivity index (χ0) is 33.6. The number of Topliss-reactive ketones (excluding diaryl/α,β-unsaturated/α-hetero) is 2. The van der Waals surface area contributed by atoms with Crippen LogP contribution in [0.2, 0.25) is 0 Å². The SMILES string of the molecule is COC1=C(C)C(=O)C2=C(C1=O)C1[C@@H]3[C@@H]4SCC(NC(C)=O)C(=O)OC[C@@H](c5c6c(c(C)c(OC(C)=O)c54)OCO6)N3[C@@H](O)C(C2)N1C. The molecule has 15 heteroatoms. The van der Waals surface area contributed by atoms with E-state index in [0.29, 0.717) is 33.8 Å². The van der Waals surface area contributed by atoms with Gasteiger partial charge in [-0.3, -0.25) is 29.0 Å². The van der Waals surface area contributed by atoms with Gasteiger partial charge < -0.3 is 34.1 Å². The Morgan fingerprint density at radius 3 is 2.45 bits per heavy atom. The second kappa shape index (κ2) is 11.4. The number of ketones is 2. The summed E-state index contributed by atoms with van der Waals surface area (Å²) in [6, 6.07) is -3.93. The van der Waals surface area contributed by atoms with Gasteiger partial charge in [-0.2, -0.15) is 0 Å². The fraction of sp³-hybridized carbons (Fsp3) is 0.531. The molecule has 5 aliphatic heterocycles. The quantitative estimate of drug-likeness (QED) is 0.265. The molecule has 1 aliphatic carbocycles. The van der Waals surface area contributed by atoms with Crippen LogP contribution in [0.3, 0.4) is 0 Å². The molecule has 47 heavy (non-hydrogen) atoms. The zero-order valence-corrected chi connectivity index (χ0v) is 27.5. The number of thioether (sulfide) groups is 1. The van der Waals surface area contributed by atoms with Crippen LogP contribution in [0, 0.1) is 6.92 Å². The van der Waals surface area contributed by atoms with Gasteiger partial charge in [-0.25, -0.2) is 4.79 Å². The number of aliphatic hydroxyl groups excluding tert-OH is 1. The highest BCUT2D eigenvalue weighted by Gasteiger charge is 2.62. The Morgan fingerprint density at radius 1 is 1.04 bits per heavy atom. The molecule has 2 fully saturated rings. The number of methoxy groups -OCH3 is 1. The van der Waals surface area contributed by atoms with Crippen molar-refractivity contribution in [1.82, 2.24) is 15.1 Å². The normalized spacial score (nSPS) is 31.6. The van der Waals surface area contributed by atoms with Crippen LogP contribution in [0.5, 0.6) is 17.2 Å². The van der Waals surface area contributed by atoms with Gasteiger partial charge in [0, 0.05) is 59.1 Å². The number of fused-ring (bicyclic) bond motifs is 8. The molecule has 5 heterocycles. The first-order valence-corrected chi connectivity index (χ1v) is 16.4. The number of likely N-dealkylation sites (N-methyl/N-ethyl adjacent to an activating group) is 1. The van der Waals surface area contributed by atoms with Gasteiger partial charge in [0.05, 0.1) is 30.5 Å². The third-order valence-electron chi connectivity index (χ3n) is 10.0. The monoisotopic (exact) mass is 669 g/mol. The second-order valence-corrected chi connectivity index (χ2v) is 13.7. The molecule has 250 valence electrons. The van der Waals surface area contributed by atoms with E-state index in [-0.39, 0.29) is 54.0 Å². The number of rotatable bonds is 3. The van der Waals surface area contributed by atoms with Crippen molar-refractivity contribution in [2.45, 2.75) is 75.8 Å². The molecular formula is C32H35N3O11S. The summed E-state index contributed by atoms with van der Waals surface area (Å²) in [7, 11) is 3.16. The molecule has 2 saturated heterocycles. The standard InChI is InChI=1S/C32H35N3O11S/c1-11-24(38)15-7-17-31(40)35-18-8-43-32(41)16(33-13(3)36)9-47-30(23(35)22(34(17)5)19(15)25(39)27(11)42-6)21-20(18)29-28(44-10-45-29)12(2)26(21)46-14(4)37/h16-18,22-23,30-31,40H,7-10H2,1-6H3,(H,33,36)/t16?,17?,18-,22?,23+,30+,31-/m0/s1. The van der Waals surface area contributed by atoms with Gasteiger partial charge in [-0.1, -0.05) is 0 Å². The maximum absolute atomic E-state index is 14.2. The highest BCUT2D eigenvalue weighted by atomic mass is 32.2. The number of cyclic esters (lactones) is 1. The molecular weight excluding hydrogens is 634 g/mol. The van der Waals surface area contributed by atoms with Gasteiger partial charge in [0.15, 0.2) is 23.0 Å². The van der Waals surface area contributed by atoms with Crippen LogP contribution < -0.4 is 19.5 Å². The largest absolute Gasteiger partial charge is 0.492 e. The Labute approximate surface area is 274 Å². The fourth-order valence-electron chi connectivity index (χ4n) is 8.13. The third-order valence-corrected chi connectivity index (χ3v) is 11.4. The highest BCUT2D eigenvalue weighted by molar-refractivity contribution is 7.99. The van der Waals surface area contributed by atoms with Crippen molar-refractivity contribution in [2.24, 2.45) is 0 Å². The molecule has 7 rings (SSSR count). The van der Waals surface area contributed by atoms with E-state index in [9.17, 15) is 29.1 Å². The van der Waals surface area contributed by atoms with Crippen molar-refractivity contribution in [1.29, 1.82) is 0 Å². The molecule has 14 nitrogen and oxygen atoms in total. The predicted molar refractivity (Wildman–Crippen MR) is 163 cm³/mol. The molecule has 1 aromatic rings. The Kier molecular flexibility index (Phi) is 7.65. The Balaban J connectivity index is 1.51. The molecule has 3 unspecified atom stereocenters. The number of hydrogen-bond donors (Lipinski definition) is 2. The first-order valence-electron chi connectivity index (χ1n) is 15.3. The number of piperazine rings is 1. The van der Waals surface area contributed by atoms with Crippen LogP contribution >= 0.6 is 11.8 Å². The fourth-order valence-corrected chi connectivity index (χ4v) is 9.63. The van der Waals surface area contributed by atoms with Gasteiger partial charge >= 0.3 is 11.9 Å². The first-order chi connectivity index (χ1) is 22.4. The van der Waals surface area contributed by atoms with Crippen LogP contribution in [-0.2, 0) is 33.4 Å². The van der Waals surface area contributed by atoms with Crippen LogP contribution in [0.25, 0.3) is 0 Å².